The van der Waals surface area contributed by atoms with E-state index in [0.717, 1.165) is 17.9 Å². The zero-order valence-corrected chi connectivity index (χ0v) is 9.56. The minimum Gasteiger partial charge on any atom is -0.490 e. The Morgan fingerprint density at radius 1 is 1.12 bits per heavy atom. The van der Waals surface area contributed by atoms with Crippen LogP contribution in [0.4, 0.5) is 5.69 Å². The smallest absolute Gasteiger partial charge is 0.163 e. The summed E-state index contributed by atoms with van der Waals surface area (Å²) in [6.45, 7) is 1.06. The van der Waals surface area contributed by atoms with Gasteiger partial charge >= 0.3 is 0 Å². The number of aliphatic hydroxyl groups excluding tert-OH is 2. The maximum atomic E-state index is 8.99. The van der Waals surface area contributed by atoms with E-state index in [2.05, 4.69) is 5.32 Å². The van der Waals surface area contributed by atoms with Crippen LogP contribution in [0.1, 0.15) is 6.42 Å². The summed E-state index contributed by atoms with van der Waals surface area (Å²) in [6, 6.07) is 5.12. The molecule has 5 nitrogen and oxygen atoms in total. The van der Waals surface area contributed by atoms with Crippen molar-refractivity contribution in [3.63, 3.8) is 0 Å². The van der Waals surface area contributed by atoms with Gasteiger partial charge in [-0.1, -0.05) is 0 Å². The van der Waals surface area contributed by atoms with Crippen molar-refractivity contribution in [2.45, 2.75) is 12.5 Å². The lowest BCUT2D eigenvalue weighted by atomic mass is 10.2. The number of hydrogen-bond acceptors (Lipinski definition) is 5. The van der Waals surface area contributed by atoms with Crippen LogP contribution in [0.2, 0.25) is 0 Å². The van der Waals surface area contributed by atoms with Gasteiger partial charge in [0.1, 0.15) is 0 Å². The molecule has 5 heteroatoms. The second-order valence-electron chi connectivity index (χ2n) is 3.92. The second kappa shape index (κ2) is 5.75. The predicted molar refractivity (Wildman–Crippen MR) is 63.6 cm³/mol. The van der Waals surface area contributed by atoms with Crippen molar-refractivity contribution < 1.29 is 19.7 Å². The Kier molecular flexibility index (Phi) is 4.06. The van der Waals surface area contributed by atoms with E-state index in [1.54, 1.807) is 0 Å². The fraction of sp³-hybridized carbons (Fsp3) is 0.500. The number of nitrogens with one attached hydrogen (secondary N) is 1. The summed E-state index contributed by atoms with van der Waals surface area (Å²) in [7, 11) is 0. The zero-order valence-electron chi connectivity index (χ0n) is 9.56. The monoisotopic (exact) mass is 239 g/mol. The lowest BCUT2D eigenvalue weighted by Gasteiger charge is -2.16. The van der Waals surface area contributed by atoms with Gasteiger partial charge < -0.3 is 25.0 Å². The van der Waals surface area contributed by atoms with Crippen molar-refractivity contribution in [1.29, 1.82) is 0 Å². The van der Waals surface area contributed by atoms with Gasteiger partial charge in [-0.2, -0.15) is 0 Å². The molecule has 0 amide bonds. The normalized spacial score (nSPS) is 14.5. The number of hydrogen-bond donors (Lipinski definition) is 3. The Morgan fingerprint density at radius 2 is 1.82 bits per heavy atom. The summed E-state index contributed by atoms with van der Waals surface area (Å²) in [5.41, 5.74) is 0.794. The van der Waals surface area contributed by atoms with Crippen LogP contribution in [0, 0.1) is 0 Å². The number of fused-ring (bicyclic) bond motifs is 1. The van der Waals surface area contributed by atoms with Crippen molar-refractivity contribution >= 4 is 5.69 Å². The molecule has 3 N–H and O–H groups in total. The van der Waals surface area contributed by atoms with Gasteiger partial charge in [0.2, 0.25) is 0 Å². The molecule has 0 saturated heterocycles. The van der Waals surface area contributed by atoms with E-state index in [0.29, 0.717) is 19.0 Å². The summed E-state index contributed by atoms with van der Waals surface area (Å²) in [5.74, 6) is 1.43. The predicted octanol–water partition coefficient (Wildman–Crippen LogP) is 0.613. The maximum absolute atomic E-state index is 8.99. The van der Waals surface area contributed by atoms with Gasteiger partial charge in [-0.3, -0.25) is 0 Å². The van der Waals surface area contributed by atoms with Crippen LogP contribution >= 0.6 is 0 Å². The SMILES string of the molecule is OCC(CO)Nc1ccc2c(c1)OCCCO2. The van der Waals surface area contributed by atoms with E-state index in [-0.39, 0.29) is 19.3 Å². The molecule has 17 heavy (non-hydrogen) atoms. The molecule has 0 bridgehead atoms. The molecule has 0 atom stereocenters. The summed E-state index contributed by atoms with van der Waals surface area (Å²) in [6.07, 6.45) is 0.868. The highest BCUT2D eigenvalue weighted by Crippen LogP contribution is 2.32. The number of aliphatic hydroxyl groups is 2. The van der Waals surface area contributed by atoms with Crippen LogP contribution in [-0.4, -0.2) is 42.7 Å². The van der Waals surface area contributed by atoms with Crippen molar-refractivity contribution in [3.8, 4) is 11.5 Å². The van der Waals surface area contributed by atoms with Gasteiger partial charge in [-0.15, -0.1) is 0 Å². The third-order valence-electron chi connectivity index (χ3n) is 2.56. The number of anilines is 1. The molecular weight excluding hydrogens is 222 g/mol. The molecule has 94 valence electrons. The van der Waals surface area contributed by atoms with Crippen molar-refractivity contribution in [3.05, 3.63) is 18.2 Å². The van der Waals surface area contributed by atoms with Crippen molar-refractivity contribution in [1.82, 2.24) is 0 Å². The summed E-state index contributed by atoms with van der Waals surface area (Å²) in [4.78, 5) is 0. The highest BCUT2D eigenvalue weighted by Gasteiger charge is 2.12. The third kappa shape index (κ3) is 3.01. The zero-order chi connectivity index (χ0) is 12.1. The molecule has 1 heterocycles. The molecule has 0 aliphatic carbocycles. The molecule has 2 rings (SSSR count). The molecule has 0 saturated carbocycles. The average Bonchev–Trinajstić information content (AvgIpc) is 2.60. The van der Waals surface area contributed by atoms with Gasteiger partial charge in [-0.25, -0.2) is 0 Å². The lowest BCUT2D eigenvalue weighted by Crippen LogP contribution is -2.27. The Labute approximate surface area is 100.0 Å². The fourth-order valence-electron chi connectivity index (χ4n) is 1.64. The molecular formula is C12H17NO4. The van der Waals surface area contributed by atoms with Gasteiger partial charge in [0.25, 0.3) is 0 Å². The van der Waals surface area contributed by atoms with E-state index in [9.17, 15) is 0 Å². The topological polar surface area (TPSA) is 71.0 Å². The molecule has 0 unspecified atom stereocenters. The first-order chi connectivity index (χ1) is 8.33. The summed E-state index contributed by atoms with van der Waals surface area (Å²) in [5, 5.41) is 21.0. The third-order valence-corrected chi connectivity index (χ3v) is 2.56. The minimum atomic E-state index is -0.361. The van der Waals surface area contributed by atoms with Crippen LogP contribution < -0.4 is 14.8 Å². The standard InChI is InChI=1S/C12H17NO4/c14-7-10(8-15)13-9-2-3-11-12(6-9)17-5-1-4-16-11/h2-3,6,10,13-15H,1,4-5,7-8H2. The first kappa shape index (κ1) is 12.0. The van der Waals surface area contributed by atoms with Crippen LogP contribution in [0.25, 0.3) is 0 Å². The number of ether oxygens (including phenoxy) is 2. The van der Waals surface area contributed by atoms with Crippen molar-refractivity contribution in [2.24, 2.45) is 0 Å². The fourth-order valence-corrected chi connectivity index (χ4v) is 1.64. The highest BCUT2D eigenvalue weighted by atomic mass is 16.5. The molecule has 1 aliphatic rings. The molecule has 0 fully saturated rings. The second-order valence-corrected chi connectivity index (χ2v) is 3.92. The Hall–Kier alpha value is -1.46. The van der Waals surface area contributed by atoms with E-state index >= 15 is 0 Å². The first-order valence-corrected chi connectivity index (χ1v) is 5.71. The molecule has 0 spiro atoms. The molecule has 1 aromatic carbocycles. The van der Waals surface area contributed by atoms with E-state index in [1.807, 2.05) is 18.2 Å². The van der Waals surface area contributed by atoms with Crippen LogP contribution in [0.15, 0.2) is 18.2 Å². The largest absolute Gasteiger partial charge is 0.490 e. The summed E-state index contributed by atoms with van der Waals surface area (Å²) >= 11 is 0. The minimum absolute atomic E-state index is 0.120. The van der Waals surface area contributed by atoms with Crippen LogP contribution in [0.3, 0.4) is 0 Å². The number of benzene rings is 1. The summed E-state index contributed by atoms with van der Waals surface area (Å²) < 4.78 is 11.1. The van der Waals surface area contributed by atoms with E-state index in [4.69, 9.17) is 19.7 Å². The van der Waals surface area contributed by atoms with Gasteiger partial charge in [0.05, 0.1) is 32.5 Å². The molecule has 1 aliphatic heterocycles. The molecule has 0 radical (unpaired) electrons. The lowest BCUT2D eigenvalue weighted by molar-refractivity contribution is 0.204. The first-order valence-electron chi connectivity index (χ1n) is 5.71. The van der Waals surface area contributed by atoms with Gasteiger partial charge in [-0.05, 0) is 12.1 Å². The van der Waals surface area contributed by atoms with Crippen LogP contribution in [0.5, 0.6) is 11.5 Å². The van der Waals surface area contributed by atoms with Crippen LogP contribution in [-0.2, 0) is 0 Å². The van der Waals surface area contributed by atoms with E-state index < -0.39 is 0 Å². The van der Waals surface area contributed by atoms with Gasteiger partial charge in [0, 0.05) is 18.2 Å². The molecule has 1 aromatic rings. The average molecular weight is 239 g/mol. The van der Waals surface area contributed by atoms with E-state index in [1.165, 1.54) is 0 Å². The maximum Gasteiger partial charge on any atom is 0.163 e. The number of rotatable bonds is 4. The van der Waals surface area contributed by atoms with Crippen molar-refractivity contribution in [2.75, 3.05) is 31.7 Å². The molecule has 0 aromatic heterocycles. The Bertz CT molecular complexity index is 366. The highest BCUT2D eigenvalue weighted by molar-refractivity contribution is 5.55. The Morgan fingerprint density at radius 3 is 2.53 bits per heavy atom. The Balaban J connectivity index is 2.12. The van der Waals surface area contributed by atoms with Gasteiger partial charge in [0.15, 0.2) is 11.5 Å². The quantitative estimate of drug-likeness (QED) is 0.718.